The van der Waals surface area contributed by atoms with Gasteiger partial charge in [0.25, 0.3) is 5.91 Å². The maximum atomic E-state index is 13.3. The van der Waals surface area contributed by atoms with E-state index in [0.717, 1.165) is 35.6 Å². The Labute approximate surface area is 170 Å². The summed E-state index contributed by atoms with van der Waals surface area (Å²) in [4.78, 5) is 19.7. The Kier molecular flexibility index (Phi) is 4.94. The summed E-state index contributed by atoms with van der Waals surface area (Å²) in [6.45, 7) is 5.87. The summed E-state index contributed by atoms with van der Waals surface area (Å²) in [5, 5.41) is 5.15. The molecule has 2 heterocycles. The number of nitrogens with zero attached hydrogens (tertiary/aromatic N) is 4. The van der Waals surface area contributed by atoms with E-state index in [1.807, 2.05) is 68.1 Å². The van der Waals surface area contributed by atoms with Crippen LogP contribution in [0.25, 0.3) is 5.69 Å². The summed E-state index contributed by atoms with van der Waals surface area (Å²) in [5.74, 6) is 0.0404. The van der Waals surface area contributed by atoms with Gasteiger partial charge in [-0.1, -0.05) is 17.7 Å². The van der Waals surface area contributed by atoms with E-state index in [0.29, 0.717) is 16.6 Å². The van der Waals surface area contributed by atoms with Crippen LogP contribution in [0.15, 0.2) is 48.7 Å². The number of hydrogen-bond acceptors (Lipinski definition) is 3. The Morgan fingerprint density at radius 1 is 1.18 bits per heavy atom. The zero-order valence-corrected chi connectivity index (χ0v) is 17.0. The van der Waals surface area contributed by atoms with Crippen LogP contribution in [-0.4, -0.2) is 31.6 Å². The van der Waals surface area contributed by atoms with E-state index >= 15 is 0 Å². The third-order valence-corrected chi connectivity index (χ3v) is 5.82. The van der Waals surface area contributed by atoms with Crippen LogP contribution in [0.2, 0.25) is 5.02 Å². The molecule has 1 aliphatic rings. The van der Waals surface area contributed by atoms with Crippen molar-refractivity contribution in [1.29, 1.82) is 0 Å². The number of benzene rings is 1. The molecule has 6 heteroatoms. The van der Waals surface area contributed by atoms with E-state index in [1.54, 1.807) is 10.9 Å². The van der Waals surface area contributed by atoms with Crippen LogP contribution in [0.5, 0.6) is 0 Å². The van der Waals surface area contributed by atoms with E-state index in [4.69, 9.17) is 11.6 Å². The number of hydrogen-bond donors (Lipinski definition) is 0. The highest BCUT2D eigenvalue weighted by atomic mass is 35.5. The predicted molar refractivity (Wildman–Crippen MR) is 110 cm³/mol. The molecule has 1 saturated carbocycles. The van der Waals surface area contributed by atoms with E-state index in [1.165, 1.54) is 0 Å². The van der Waals surface area contributed by atoms with Crippen molar-refractivity contribution in [2.75, 3.05) is 0 Å². The SMILES string of the molecule is Cc1nn(-c2ccc(C(=O)N(C3CC3)C(C)c3ccccn3)cc2)c(C)c1Cl. The summed E-state index contributed by atoms with van der Waals surface area (Å²) in [5.41, 5.74) is 4.16. The molecule has 0 aliphatic heterocycles. The van der Waals surface area contributed by atoms with Crippen LogP contribution in [0.3, 0.4) is 0 Å². The molecule has 2 aromatic heterocycles. The number of rotatable bonds is 5. The number of amides is 1. The molecule has 4 rings (SSSR count). The predicted octanol–water partition coefficient (Wildman–Crippen LogP) is 4.90. The van der Waals surface area contributed by atoms with Crippen LogP contribution in [0.1, 0.15) is 53.2 Å². The van der Waals surface area contributed by atoms with E-state index in [9.17, 15) is 4.79 Å². The summed E-state index contributed by atoms with van der Waals surface area (Å²) in [6, 6.07) is 13.6. The monoisotopic (exact) mass is 394 g/mol. The second-order valence-corrected chi connectivity index (χ2v) is 7.70. The molecule has 1 fully saturated rings. The van der Waals surface area contributed by atoms with Gasteiger partial charge in [0.05, 0.1) is 33.8 Å². The third-order valence-electron chi connectivity index (χ3n) is 5.27. The first-order valence-corrected chi connectivity index (χ1v) is 9.91. The Morgan fingerprint density at radius 2 is 1.89 bits per heavy atom. The topological polar surface area (TPSA) is 51.0 Å². The molecule has 1 amide bonds. The summed E-state index contributed by atoms with van der Waals surface area (Å²) >= 11 is 6.26. The molecule has 0 radical (unpaired) electrons. The fourth-order valence-electron chi connectivity index (χ4n) is 3.55. The lowest BCUT2D eigenvalue weighted by molar-refractivity contribution is 0.0670. The standard InChI is InChI=1S/C22H23ClN4O/c1-14-21(23)16(3)27(25-14)19-9-7-17(8-10-19)22(28)26(18-11-12-18)15(2)20-6-4-5-13-24-20/h4-10,13,15,18H,11-12H2,1-3H3. The molecule has 28 heavy (non-hydrogen) atoms. The van der Waals surface area contributed by atoms with Crippen molar-refractivity contribution in [3.05, 3.63) is 76.3 Å². The van der Waals surface area contributed by atoms with Crippen molar-refractivity contribution in [3.8, 4) is 5.69 Å². The van der Waals surface area contributed by atoms with Gasteiger partial charge in [-0.25, -0.2) is 4.68 Å². The molecule has 0 bridgehead atoms. The fraction of sp³-hybridized carbons (Fsp3) is 0.318. The molecular weight excluding hydrogens is 372 g/mol. The lowest BCUT2D eigenvalue weighted by Crippen LogP contribution is -2.35. The third kappa shape index (κ3) is 3.42. The van der Waals surface area contributed by atoms with Gasteiger partial charge < -0.3 is 4.90 Å². The van der Waals surface area contributed by atoms with Gasteiger partial charge in [0.2, 0.25) is 0 Å². The Bertz CT molecular complexity index is 993. The number of aryl methyl sites for hydroxylation is 1. The molecule has 144 valence electrons. The normalized spacial score (nSPS) is 14.7. The lowest BCUT2D eigenvalue weighted by atomic mass is 10.1. The first kappa shape index (κ1) is 18.7. The number of aromatic nitrogens is 3. The minimum absolute atomic E-state index is 0.0404. The molecule has 3 aromatic rings. The summed E-state index contributed by atoms with van der Waals surface area (Å²) < 4.78 is 1.81. The van der Waals surface area contributed by atoms with Crippen LogP contribution >= 0.6 is 11.6 Å². The number of carbonyl (C=O) groups is 1. The number of pyridine rings is 1. The van der Waals surface area contributed by atoms with Crippen molar-refractivity contribution in [2.45, 2.75) is 45.7 Å². The van der Waals surface area contributed by atoms with Gasteiger partial charge in [0.1, 0.15) is 0 Å². The van der Waals surface area contributed by atoms with E-state index < -0.39 is 0 Å². The van der Waals surface area contributed by atoms with Crippen molar-refractivity contribution in [1.82, 2.24) is 19.7 Å². The van der Waals surface area contributed by atoms with Gasteiger partial charge in [-0.05, 0) is 70.0 Å². The van der Waals surface area contributed by atoms with Crippen LogP contribution in [0, 0.1) is 13.8 Å². The average molecular weight is 395 g/mol. The number of halogens is 1. The van der Waals surface area contributed by atoms with Gasteiger partial charge in [-0.15, -0.1) is 0 Å². The quantitative estimate of drug-likeness (QED) is 0.618. The zero-order valence-electron chi connectivity index (χ0n) is 16.3. The molecule has 1 aromatic carbocycles. The first-order valence-electron chi connectivity index (χ1n) is 9.53. The van der Waals surface area contributed by atoms with Gasteiger partial charge >= 0.3 is 0 Å². The summed E-state index contributed by atoms with van der Waals surface area (Å²) in [7, 11) is 0. The van der Waals surface area contributed by atoms with Gasteiger partial charge in [-0.3, -0.25) is 9.78 Å². The molecular formula is C22H23ClN4O. The highest BCUT2D eigenvalue weighted by molar-refractivity contribution is 6.31. The number of carbonyl (C=O) groups excluding carboxylic acids is 1. The summed E-state index contributed by atoms with van der Waals surface area (Å²) in [6.07, 6.45) is 3.87. The lowest BCUT2D eigenvalue weighted by Gasteiger charge is -2.29. The van der Waals surface area contributed by atoms with Gasteiger partial charge in [0, 0.05) is 17.8 Å². The van der Waals surface area contributed by atoms with Gasteiger partial charge in [0.15, 0.2) is 0 Å². The smallest absolute Gasteiger partial charge is 0.254 e. The Hall–Kier alpha value is -2.66. The van der Waals surface area contributed by atoms with Crippen molar-refractivity contribution < 1.29 is 4.79 Å². The van der Waals surface area contributed by atoms with Crippen molar-refractivity contribution in [3.63, 3.8) is 0 Å². The fourth-order valence-corrected chi connectivity index (χ4v) is 3.66. The maximum absolute atomic E-state index is 13.3. The second kappa shape index (κ2) is 7.40. The zero-order chi connectivity index (χ0) is 19.8. The largest absolute Gasteiger partial charge is 0.327 e. The molecule has 1 unspecified atom stereocenters. The molecule has 0 N–H and O–H groups in total. The molecule has 5 nitrogen and oxygen atoms in total. The minimum atomic E-state index is -0.0595. The average Bonchev–Trinajstić information content (AvgIpc) is 3.52. The Balaban J connectivity index is 1.60. The van der Waals surface area contributed by atoms with Crippen LogP contribution in [0.4, 0.5) is 0 Å². The van der Waals surface area contributed by atoms with E-state index in [2.05, 4.69) is 10.1 Å². The van der Waals surface area contributed by atoms with Crippen molar-refractivity contribution in [2.24, 2.45) is 0 Å². The maximum Gasteiger partial charge on any atom is 0.254 e. The van der Waals surface area contributed by atoms with E-state index in [-0.39, 0.29) is 11.9 Å². The molecule has 0 spiro atoms. The highest BCUT2D eigenvalue weighted by Gasteiger charge is 2.37. The van der Waals surface area contributed by atoms with Crippen molar-refractivity contribution >= 4 is 17.5 Å². The first-order chi connectivity index (χ1) is 13.5. The minimum Gasteiger partial charge on any atom is -0.327 e. The molecule has 0 saturated heterocycles. The van der Waals surface area contributed by atoms with Crippen LogP contribution in [-0.2, 0) is 0 Å². The second-order valence-electron chi connectivity index (χ2n) is 7.32. The van der Waals surface area contributed by atoms with Crippen LogP contribution < -0.4 is 0 Å². The molecule has 1 atom stereocenters. The van der Waals surface area contributed by atoms with Gasteiger partial charge in [-0.2, -0.15) is 5.10 Å². The highest BCUT2D eigenvalue weighted by Crippen LogP contribution is 2.35. The Morgan fingerprint density at radius 3 is 2.43 bits per heavy atom. The molecule has 1 aliphatic carbocycles.